The van der Waals surface area contributed by atoms with Crippen molar-refractivity contribution in [3.63, 3.8) is 0 Å². The molecule has 0 unspecified atom stereocenters. The average Bonchev–Trinajstić information content (AvgIpc) is 3.14. The monoisotopic (exact) mass is 426 g/mol. The average molecular weight is 427 g/mol. The van der Waals surface area contributed by atoms with Crippen molar-refractivity contribution in [2.75, 3.05) is 5.32 Å². The van der Waals surface area contributed by atoms with E-state index in [1.165, 1.54) is 27.1 Å². The molecule has 0 spiro atoms. The Bertz CT molecular complexity index is 1380. The van der Waals surface area contributed by atoms with Crippen LogP contribution in [0, 0.1) is 6.92 Å². The molecule has 4 aromatic carbocycles. The summed E-state index contributed by atoms with van der Waals surface area (Å²) < 4.78 is 1.06. The minimum Gasteiger partial charge on any atom is -0.360 e. The number of hydrogen-bond acceptors (Lipinski definition) is 1. The summed E-state index contributed by atoms with van der Waals surface area (Å²) in [5.41, 5.74) is 5.40. The summed E-state index contributed by atoms with van der Waals surface area (Å²) in [7, 11) is 0. The summed E-state index contributed by atoms with van der Waals surface area (Å²) in [6, 6.07) is 23.4. The second kappa shape index (κ2) is 6.54. The van der Waals surface area contributed by atoms with Gasteiger partial charge in [0.15, 0.2) is 0 Å². The lowest BCUT2D eigenvalue weighted by Gasteiger charge is -2.18. The van der Waals surface area contributed by atoms with Gasteiger partial charge in [-0.15, -0.1) is 0 Å². The number of halogens is 1. The van der Waals surface area contributed by atoms with Crippen LogP contribution in [0.5, 0.6) is 0 Å². The second-order valence-electron chi connectivity index (χ2n) is 7.09. The molecule has 3 heteroatoms. The molecule has 28 heavy (non-hydrogen) atoms. The number of aryl methyl sites for hydroxylation is 1. The van der Waals surface area contributed by atoms with Gasteiger partial charge in [-0.1, -0.05) is 71.0 Å². The Balaban J connectivity index is 1.69. The first-order valence-electron chi connectivity index (χ1n) is 9.26. The molecule has 2 nitrogen and oxygen atoms in total. The maximum Gasteiger partial charge on any atom is 0.0500 e. The molecule has 0 aliphatic heterocycles. The summed E-state index contributed by atoms with van der Waals surface area (Å²) in [5.74, 6) is 0. The largest absolute Gasteiger partial charge is 0.360 e. The number of hydrogen-bond donors (Lipinski definition) is 2. The minimum absolute atomic E-state index is 0.882. The van der Waals surface area contributed by atoms with Crippen molar-refractivity contribution in [2.45, 2.75) is 6.92 Å². The Hall–Kier alpha value is -3.04. The fourth-order valence-electron chi connectivity index (χ4n) is 4.04. The van der Waals surface area contributed by atoms with Crippen LogP contribution < -0.4 is 5.32 Å². The number of rotatable bonds is 3. The number of H-pyrrole nitrogens is 1. The molecule has 0 atom stereocenters. The Labute approximate surface area is 172 Å². The van der Waals surface area contributed by atoms with E-state index >= 15 is 0 Å². The lowest BCUT2D eigenvalue weighted by molar-refractivity contribution is 1.45. The molecule has 0 amide bonds. The van der Waals surface area contributed by atoms with E-state index in [9.17, 15) is 0 Å². The summed E-state index contributed by atoms with van der Waals surface area (Å²) in [6.45, 7) is 6.53. The highest BCUT2D eigenvalue weighted by Gasteiger charge is 2.14. The van der Waals surface area contributed by atoms with Crippen LogP contribution in [-0.4, -0.2) is 4.98 Å². The zero-order valence-corrected chi connectivity index (χ0v) is 17.1. The predicted molar refractivity (Wildman–Crippen MR) is 125 cm³/mol. The number of fused-ring (bicyclic) bond motifs is 4. The van der Waals surface area contributed by atoms with Crippen LogP contribution in [0.25, 0.3) is 38.1 Å². The molecule has 1 aromatic heterocycles. The fourth-order valence-corrected chi connectivity index (χ4v) is 4.40. The number of anilines is 1. The molecule has 5 rings (SSSR count). The molecule has 136 valence electrons. The van der Waals surface area contributed by atoms with Crippen molar-refractivity contribution in [2.24, 2.45) is 0 Å². The third kappa shape index (κ3) is 2.62. The molecule has 0 radical (unpaired) electrons. The van der Waals surface area contributed by atoms with Gasteiger partial charge < -0.3 is 10.3 Å². The van der Waals surface area contributed by atoms with Gasteiger partial charge in [0, 0.05) is 43.9 Å². The lowest BCUT2D eigenvalue weighted by Crippen LogP contribution is -2.00. The van der Waals surface area contributed by atoms with Gasteiger partial charge in [0.1, 0.15) is 0 Å². The van der Waals surface area contributed by atoms with Gasteiger partial charge in [-0.2, -0.15) is 0 Å². The lowest BCUT2D eigenvalue weighted by atomic mass is 9.95. The first-order valence-corrected chi connectivity index (χ1v) is 10.1. The molecule has 0 aliphatic carbocycles. The first-order chi connectivity index (χ1) is 13.6. The number of nitrogens with one attached hydrogen (secondary N) is 2. The number of aromatic nitrogens is 1. The van der Waals surface area contributed by atoms with E-state index in [4.69, 9.17) is 0 Å². The van der Waals surface area contributed by atoms with Crippen molar-refractivity contribution >= 4 is 59.8 Å². The van der Waals surface area contributed by atoms with Crippen molar-refractivity contribution in [3.8, 4) is 0 Å². The van der Waals surface area contributed by atoms with E-state index in [2.05, 4.69) is 100 Å². The molecule has 5 aromatic rings. The van der Waals surface area contributed by atoms with E-state index < -0.39 is 0 Å². The maximum atomic E-state index is 4.35. The molecule has 1 heterocycles. The molecular formula is C25H19BrN2. The van der Waals surface area contributed by atoms with Crippen LogP contribution in [0.2, 0.25) is 0 Å². The fraction of sp³-hybridized carbons (Fsp3) is 0.0400. The van der Waals surface area contributed by atoms with Crippen LogP contribution in [0.1, 0.15) is 11.1 Å². The van der Waals surface area contributed by atoms with Crippen molar-refractivity contribution in [3.05, 3.63) is 95.1 Å². The highest BCUT2D eigenvalue weighted by atomic mass is 79.9. The highest BCUT2D eigenvalue weighted by molar-refractivity contribution is 9.10. The van der Waals surface area contributed by atoms with E-state index in [1.54, 1.807) is 0 Å². The van der Waals surface area contributed by atoms with Gasteiger partial charge in [-0.25, -0.2) is 0 Å². The van der Waals surface area contributed by atoms with E-state index in [1.807, 2.05) is 12.3 Å². The molecule has 0 bridgehead atoms. The number of benzene rings is 4. The predicted octanol–water partition coefficient (Wildman–Crippen LogP) is 7.63. The molecular weight excluding hydrogens is 408 g/mol. The zero-order chi connectivity index (χ0) is 19.3. The van der Waals surface area contributed by atoms with Gasteiger partial charge >= 0.3 is 0 Å². The highest BCUT2D eigenvalue weighted by Crippen LogP contribution is 2.38. The van der Waals surface area contributed by atoms with Crippen LogP contribution in [0.15, 0.2) is 84.0 Å². The van der Waals surface area contributed by atoms with Crippen LogP contribution in [0.3, 0.4) is 0 Å². The normalized spacial score (nSPS) is 11.4. The van der Waals surface area contributed by atoms with Crippen molar-refractivity contribution in [1.82, 2.24) is 4.98 Å². The molecule has 0 fully saturated rings. The quantitative estimate of drug-likeness (QED) is 0.285. The molecule has 0 saturated heterocycles. The van der Waals surface area contributed by atoms with Gasteiger partial charge in [0.05, 0.1) is 0 Å². The van der Waals surface area contributed by atoms with E-state index in [0.29, 0.717) is 0 Å². The van der Waals surface area contributed by atoms with E-state index in [-0.39, 0.29) is 0 Å². The third-order valence-corrected chi connectivity index (χ3v) is 5.93. The van der Waals surface area contributed by atoms with Gasteiger partial charge in [-0.3, -0.25) is 0 Å². The molecule has 0 aliphatic rings. The SMILES string of the molecule is C=C(Nc1c(C)c2ccccc2c2ccccc12)c1c[nH]c2ccc(Br)cc12. The summed E-state index contributed by atoms with van der Waals surface area (Å²) in [6.07, 6.45) is 2.02. The summed E-state index contributed by atoms with van der Waals surface area (Å²) in [4.78, 5) is 3.34. The smallest absolute Gasteiger partial charge is 0.0500 e. The second-order valence-corrected chi connectivity index (χ2v) is 8.00. The Morgan fingerprint density at radius 1 is 0.857 bits per heavy atom. The van der Waals surface area contributed by atoms with Crippen LogP contribution in [0.4, 0.5) is 5.69 Å². The number of aromatic amines is 1. The van der Waals surface area contributed by atoms with E-state index in [0.717, 1.165) is 32.3 Å². The van der Waals surface area contributed by atoms with Gasteiger partial charge in [0.25, 0.3) is 0 Å². The van der Waals surface area contributed by atoms with Crippen LogP contribution >= 0.6 is 15.9 Å². The maximum absolute atomic E-state index is 4.35. The van der Waals surface area contributed by atoms with Crippen molar-refractivity contribution < 1.29 is 0 Å². The summed E-state index contributed by atoms with van der Waals surface area (Å²) >= 11 is 3.57. The van der Waals surface area contributed by atoms with Gasteiger partial charge in [0.2, 0.25) is 0 Å². The topological polar surface area (TPSA) is 27.8 Å². The van der Waals surface area contributed by atoms with Crippen LogP contribution in [-0.2, 0) is 0 Å². The van der Waals surface area contributed by atoms with Gasteiger partial charge in [-0.05, 0) is 46.8 Å². The van der Waals surface area contributed by atoms with Crippen molar-refractivity contribution in [1.29, 1.82) is 0 Å². The standard InChI is InChI=1S/C25H19BrN2/c1-15-18-7-3-4-8-19(18)20-9-5-6-10-21(20)25(15)28-16(2)23-14-27-24-12-11-17(26)13-22(23)24/h3-14,27-28H,2H2,1H3. The zero-order valence-electron chi connectivity index (χ0n) is 15.5. The Kier molecular flexibility index (Phi) is 3.99. The first kappa shape index (κ1) is 17.1. The third-order valence-electron chi connectivity index (χ3n) is 5.44. The Morgan fingerprint density at radius 2 is 1.50 bits per heavy atom. The Morgan fingerprint density at radius 3 is 2.25 bits per heavy atom. The molecule has 0 saturated carbocycles. The molecule has 2 N–H and O–H groups in total. The summed E-state index contributed by atoms with van der Waals surface area (Å²) in [5, 5.41) is 9.78. The minimum atomic E-state index is 0.882.